The molecule has 1 aliphatic heterocycles. The van der Waals surface area contributed by atoms with E-state index in [9.17, 15) is 9.18 Å². The molecule has 2 aliphatic rings. The molecule has 150 valence electrons. The Morgan fingerprint density at radius 3 is 2.54 bits per heavy atom. The van der Waals surface area contributed by atoms with Crippen LogP contribution in [-0.4, -0.2) is 37.1 Å². The van der Waals surface area contributed by atoms with Gasteiger partial charge in [-0.2, -0.15) is 0 Å². The van der Waals surface area contributed by atoms with Crippen LogP contribution in [0.2, 0.25) is 0 Å². The molecule has 0 unspecified atom stereocenters. The van der Waals surface area contributed by atoms with Crippen LogP contribution in [0.15, 0.2) is 34.7 Å². The fourth-order valence-electron chi connectivity index (χ4n) is 4.30. The third kappa shape index (κ3) is 3.98. The minimum absolute atomic E-state index is 0.206. The number of ether oxygens (including phenoxy) is 1. The van der Waals surface area contributed by atoms with Crippen LogP contribution in [0.25, 0.3) is 0 Å². The van der Waals surface area contributed by atoms with Gasteiger partial charge >= 0.3 is 0 Å². The normalized spacial score (nSPS) is 19.6. The molecule has 1 saturated heterocycles. The summed E-state index contributed by atoms with van der Waals surface area (Å²) in [5, 5.41) is 3.20. The number of benzene rings is 1. The molecule has 28 heavy (non-hydrogen) atoms. The molecule has 1 aromatic carbocycles. The number of hydrogen-bond donors (Lipinski definition) is 1. The second-order valence-electron chi connectivity index (χ2n) is 7.83. The van der Waals surface area contributed by atoms with E-state index in [0.29, 0.717) is 5.76 Å². The summed E-state index contributed by atoms with van der Waals surface area (Å²) in [7, 11) is 0. The molecule has 5 nitrogen and oxygen atoms in total. The molecule has 0 spiro atoms. The highest BCUT2D eigenvalue weighted by Crippen LogP contribution is 2.39. The molecule has 4 rings (SSSR count). The molecule has 1 amide bonds. The maximum atomic E-state index is 13.4. The predicted molar refractivity (Wildman–Crippen MR) is 104 cm³/mol. The van der Waals surface area contributed by atoms with Crippen LogP contribution in [0, 0.1) is 12.7 Å². The van der Waals surface area contributed by atoms with Gasteiger partial charge in [-0.15, -0.1) is 0 Å². The fourth-order valence-corrected chi connectivity index (χ4v) is 4.30. The van der Waals surface area contributed by atoms with E-state index in [1.54, 1.807) is 12.1 Å². The average Bonchev–Trinajstić information content (AvgIpc) is 3.31. The summed E-state index contributed by atoms with van der Waals surface area (Å²) in [6, 6.07) is 8.32. The first-order chi connectivity index (χ1) is 13.6. The van der Waals surface area contributed by atoms with Crippen LogP contribution in [0.4, 0.5) is 4.39 Å². The Morgan fingerprint density at radius 1 is 1.18 bits per heavy atom. The number of morpholine rings is 1. The first kappa shape index (κ1) is 19.2. The largest absolute Gasteiger partial charge is 0.456 e. The lowest BCUT2D eigenvalue weighted by atomic mass is 9.88. The second-order valence-corrected chi connectivity index (χ2v) is 7.83. The van der Waals surface area contributed by atoms with E-state index in [1.807, 2.05) is 13.0 Å². The minimum Gasteiger partial charge on any atom is -0.456 e. The molecular formula is C22H27FN2O3. The van der Waals surface area contributed by atoms with Crippen molar-refractivity contribution >= 4 is 5.91 Å². The monoisotopic (exact) mass is 386 g/mol. The lowest BCUT2D eigenvalue weighted by Crippen LogP contribution is -2.43. The zero-order valence-electron chi connectivity index (χ0n) is 16.3. The average molecular weight is 386 g/mol. The zero-order valence-corrected chi connectivity index (χ0v) is 16.3. The first-order valence-corrected chi connectivity index (χ1v) is 10.0. The Labute approximate surface area is 164 Å². The Kier molecular flexibility index (Phi) is 5.51. The molecule has 0 radical (unpaired) electrons. The number of nitrogens with zero attached hydrogens (tertiary/aromatic N) is 1. The van der Waals surface area contributed by atoms with Crippen molar-refractivity contribution in [2.24, 2.45) is 0 Å². The number of carbonyl (C=O) groups is 1. The number of amides is 1. The minimum atomic E-state index is -0.449. The summed E-state index contributed by atoms with van der Waals surface area (Å²) in [5.41, 5.74) is 1.54. The number of rotatable bonds is 5. The Bertz CT molecular complexity index is 819. The number of halogens is 1. The highest BCUT2D eigenvalue weighted by molar-refractivity contribution is 5.92. The van der Waals surface area contributed by atoms with Crippen LogP contribution in [0.1, 0.15) is 53.1 Å². The topological polar surface area (TPSA) is 54.7 Å². The molecule has 0 atom stereocenters. The van der Waals surface area contributed by atoms with Gasteiger partial charge in [-0.3, -0.25) is 9.69 Å². The van der Waals surface area contributed by atoms with Gasteiger partial charge < -0.3 is 14.5 Å². The van der Waals surface area contributed by atoms with Gasteiger partial charge in [0, 0.05) is 25.2 Å². The van der Waals surface area contributed by atoms with Gasteiger partial charge in [-0.05, 0) is 43.5 Å². The van der Waals surface area contributed by atoms with Crippen LogP contribution in [0.3, 0.4) is 0 Å². The van der Waals surface area contributed by atoms with E-state index in [0.717, 1.165) is 75.4 Å². The third-order valence-corrected chi connectivity index (χ3v) is 5.95. The lowest BCUT2D eigenvalue weighted by Gasteiger charge is -2.30. The maximum Gasteiger partial charge on any atom is 0.287 e. The van der Waals surface area contributed by atoms with Gasteiger partial charge in [0.05, 0.1) is 18.8 Å². The van der Waals surface area contributed by atoms with Gasteiger partial charge in [-0.1, -0.05) is 25.0 Å². The molecule has 1 aliphatic carbocycles. The van der Waals surface area contributed by atoms with E-state index in [4.69, 9.17) is 9.15 Å². The Morgan fingerprint density at radius 2 is 1.86 bits per heavy atom. The summed E-state index contributed by atoms with van der Waals surface area (Å²) >= 11 is 0. The smallest absolute Gasteiger partial charge is 0.287 e. The molecule has 2 fully saturated rings. The van der Waals surface area contributed by atoms with E-state index >= 15 is 0 Å². The van der Waals surface area contributed by atoms with Crippen molar-refractivity contribution in [2.45, 2.75) is 44.7 Å². The predicted octanol–water partition coefficient (Wildman–Crippen LogP) is 3.76. The van der Waals surface area contributed by atoms with Gasteiger partial charge in [0.1, 0.15) is 11.6 Å². The third-order valence-electron chi connectivity index (χ3n) is 5.95. The van der Waals surface area contributed by atoms with Crippen LogP contribution in [-0.2, 0) is 16.8 Å². The standard InChI is InChI=1S/C22H27FN2O3/c1-16-17(15-25-10-12-27-13-11-25)14-20(28-16)21(26)24-22(8-2-3-9-22)18-4-6-19(23)7-5-18/h4-7,14H,2-3,8-13,15H2,1H3,(H,24,26). The molecule has 1 N–H and O–H groups in total. The van der Waals surface area contributed by atoms with Crippen molar-refractivity contribution in [1.82, 2.24) is 10.2 Å². The van der Waals surface area contributed by atoms with E-state index in [-0.39, 0.29) is 11.7 Å². The highest BCUT2D eigenvalue weighted by atomic mass is 19.1. The number of nitrogens with one attached hydrogen (secondary N) is 1. The summed E-state index contributed by atoms with van der Waals surface area (Å²) in [5.74, 6) is 0.647. The van der Waals surface area contributed by atoms with Gasteiger partial charge in [0.2, 0.25) is 0 Å². The molecule has 2 aromatic rings. The SMILES string of the molecule is Cc1oc(C(=O)NC2(c3ccc(F)cc3)CCCC2)cc1CN1CCOCC1. The van der Waals surface area contributed by atoms with Crippen molar-refractivity contribution in [3.8, 4) is 0 Å². The highest BCUT2D eigenvalue weighted by Gasteiger charge is 2.38. The summed E-state index contributed by atoms with van der Waals surface area (Å²) < 4.78 is 24.5. The number of carbonyl (C=O) groups excluding carboxylic acids is 1. The van der Waals surface area contributed by atoms with Crippen LogP contribution < -0.4 is 5.32 Å². The number of aryl methyl sites for hydroxylation is 1. The number of hydrogen-bond acceptors (Lipinski definition) is 4. The fraction of sp³-hybridized carbons (Fsp3) is 0.500. The van der Waals surface area contributed by atoms with Gasteiger partial charge in [0.15, 0.2) is 5.76 Å². The molecular weight excluding hydrogens is 359 g/mol. The Hall–Kier alpha value is -2.18. The van der Waals surface area contributed by atoms with E-state index in [1.165, 1.54) is 12.1 Å². The quantitative estimate of drug-likeness (QED) is 0.850. The molecule has 2 heterocycles. The van der Waals surface area contributed by atoms with Gasteiger partial charge in [0.25, 0.3) is 5.91 Å². The van der Waals surface area contributed by atoms with E-state index < -0.39 is 5.54 Å². The molecule has 1 aromatic heterocycles. The maximum absolute atomic E-state index is 13.4. The van der Waals surface area contributed by atoms with Crippen molar-refractivity contribution in [1.29, 1.82) is 0 Å². The van der Waals surface area contributed by atoms with E-state index in [2.05, 4.69) is 10.2 Å². The van der Waals surface area contributed by atoms with Crippen molar-refractivity contribution in [3.05, 3.63) is 58.8 Å². The first-order valence-electron chi connectivity index (χ1n) is 10.0. The van der Waals surface area contributed by atoms with Gasteiger partial charge in [-0.25, -0.2) is 4.39 Å². The summed E-state index contributed by atoms with van der Waals surface area (Å²) in [6.07, 6.45) is 3.78. The number of furan rings is 1. The zero-order chi connectivity index (χ0) is 19.6. The van der Waals surface area contributed by atoms with Crippen molar-refractivity contribution in [3.63, 3.8) is 0 Å². The summed E-state index contributed by atoms with van der Waals surface area (Å²) in [6.45, 7) is 5.92. The molecule has 0 bridgehead atoms. The summed E-state index contributed by atoms with van der Waals surface area (Å²) in [4.78, 5) is 15.3. The molecule has 1 saturated carbocycles. The second kappa shape index (κ2) is 8.05. The lowest BCUT2D eigenvalue weighted by molar-refractivity contribution is 0.0340. The van der Waals surface area contributed by atoms with Crippen LogP contribution in [0.5, 0.6) is 0 Å². The molecule has 6 heteroatoms. The van der Waals surface area contributed by atoms with Crippen molar-refractivity contribution in [2.75, 3.05) is 26.3 Å². The van der Waals surface area contributed by atoms with Crippen LogP contribution >= 0.6 is 0 Å². The van der Waals surface area contributed by atoms with Crippen molar-refractivity contribution < 1.29 is 18.3 Å². The Balaban J connectivity index is 1.50.